The summed E-state index contributed by atoms with van der Waals surface area (Å²) in [5, 5.41) is 0. The van der Waals surface area contributed by atoms with Crippen LogP contribution in [0.3, 0.4) is 0 Å². The first-order valence-corrected chi connectivity index (χ1v) is 6.66. The average molecular weight is 285 g/mol. The number of hydrogen-bond acceptors (Lipinski definition) is 4. The molecule has 0 bridgehead atoms. The van der Waals surface area contributed by atoms with E-state index in [-0.39, 0.29) is 24.0 Å². The van der Waals surface area contributed by atoms with Gasteiger partial charge in [-0.2, -0.15) is 0 Å². The molecule has 0 unspecified atom stereocenters. The number of rotatable bonds is 4. The lowest BCUT2D eigenvalue weighted by molar-refractivity contribution is -0.140. The first-order valence-electron chi connectivity index (χ1n) is 6.29. The number of carbonyl (C=O) groups is 3. The highest BCUT2D eigenvalue weighted by Gasteiger charge is 2.44. The van der Waals surface area contributed by atoms with E-state index in [1.807, 2.05) is 0 Å². The van der Waals surface area contributed by atoms with E-state index in [1.165, 1.54) is 7.11 Å². The standard InChI is InChI=1S/C14H17ClO4/c1-19-13(18)9-4-2-3-5-10-14(15)11(16)7-6-8-12(14)17/h2,4,6-10H2,1H3. The van der Waals surface area contributed by atoms with Crippen molar-refractivity contribution >= 4 is 29.1 Å². The van der Waals surface area contributed by atoms with Crippen LogP contribution in [-0.4, -0.2) is 29.5 Å². The van der Waals surface area contributed by atoms with Crippen molar-refractivity contribution in [3.8, 4) is 11.8 Å². The molecule has 1 saturated carbocycles. The molecule has 4 nitrogen and oxygen atoms in total. The maximum atomic E-state index is 11.7. The van der Waals surface area contributed by atoms with Crippen molar-refractivity contribution in [1.82, 2.24) is 0 Å². The van der Waals surface area contributed by atoms with Crippen molar-refractivity contribution in [2.45, 2.75) is 49.8 Å². The second kappa shape index (κ2) is 7.30. The summed E-state index contributed by atoms with van der Waals surface area (Å²) in [5.74, 6) is 4.88. The van der Waals surface area contributed by atoms with Gasteiger partial charge in [-0.3, -0.25) is 14.4 Å². The summed E-state index contributed by atoms with van der Waals surface area (Å²) in [4.78, 5) is 32.8. The van der Waals surface area contributed by atoms with Gasteiger partial charge >= 0.3 is 5.97 Å². The monoisotopic (exact) mass is 284 g/mol. The number of carbonyl (C=O) groups excluding carboxylic acids is 3. The Hall–Kier alpha value is -1.34. The molecular weight excluding hydrogens is 268 g/mol. The maximum absolute atomic E-state index is 11.7. The fourth-order valence-corrected chi connectivity index (χ4v) is 2.11. The first kappa shape index (κ1) is 15.7. The van der Waals surface area contributed by atoms with Gasteiger partial charge in [0.25, 0.3) is 0 Å². The van der Waals surface area contributed by atoms with E-state index >= 15 is 0 Å². The third-order valence-electron chi connectivity index (χ3n) is 3.06. The minimum atomic E-state index is -1.44. The molecule has 0 aromatic heterocycles. The molecule has 5 heteroatoms. The molecule has 0 aliphatic heterocycles. The first-order chi connectivity index (χ1) is 9.00. The number of hydrogen-bond donors (Lipinski definition) is 0. The second-order valence-corrected chi connectivity index (χ2v) is 5.11. The normalized spacial score (nSPS) is 17.6. The molecule has 0 spiro atoms. The SMILES string of the molecule is COC(=O)CCCC#CCC1(Cl)C(=O)CCCC1=O. The summed E-state index contributed by atoms with van der Waals surface area (Å²) in [6, 6.07) is 0. The van der Waals surface area contributed by atoms with E-state index < -0.39 is 4.87 Å². The molecule has 0 N–H and O–H groups in total. The van der Waals surface area contributed by atoms with Gasteiger partial charge in [0.1, 0.15) is 0 Å². The highest BCUT2D eigenvalue weighted by molar-refractivity contribution is 6.47. The van der Waals surface area contributed by atoms with Crippen LogP contribution in [0.1, 0.15) is 44.9 Å². The zero-order chi connectivity index (χ0) is 14.3. The summed E-state index contributed by atoms with van der Waals surface area (Å²) in [6.07, 6.45) is 2.76. The van der Waals surface area contributed by atoms with Gasteiger partial charge in [-0.1, -0.05) is 0 Å². The Morgan fingerprint density at radius 3 is 2.53 bits per heavy atom. The highest BCUT2D eigenvalue weighted by Crippen LogP contribution is 2.31. The molecule has 1 rings (SSSR count). The van der Waals surface area contributed by atoms with Gasteiger partial charge < -0.3 is 4.74 Å². The van der Waals surface area contributed by atoms with Gasteiger partial charge in [-0.05, 0) is 12.8 Å². The van der Waals surface area contributed by atoms with Crippen LogP contribution in [0.25, 0.3) is 0 Å². The van der Waals surface area contributed by atoms with E-state index in [0.29, 0.717) is 38.5 Å². The Morgan fingerprint density at radius 2 is 1.95 bits per heavy atom. The Labute approximate surface area is 117 Å². The van der Waals surface area contributed by atoms with Crippen molar-refractivity contribution in [3.05, 3.63) is 0 Å². The summed E-state index contributed by atoms with van der Waals surface area (Å²) in [7, 11) is 1.34. The maximum Gasteiger partial charge on any atom is 0.305 e. The molecule has 104 valence electrons. The summed E-state index contributed by atoms with van der Waals surface area (Å²) >= 11 is 6.09. The Balaban J connectivity index is 2.41. The second-order valence-electron chi connectivity index (χ2n) is 4.46. The topological polar surface area (TPSA) is 60.4 Å². The molecular formula is C14H17ClO4. The van der Waals surface area contributed by atoms with Crippen molar-refractivity contribution in [1.29, 1.82) is 0 Å². The molecule has 0 aromatic rings. The lowest BCUT2D eigenvalue weighted by Crippen LogP contribution is -2.43. The Kier molecular flexibility index (Phi) is 6.04. The molecule has 0 heterocycles. The number of esters is 1. The van der Waals surface area contributed by atoms with Crippen LogP contribution in [0.2, 0.25) is 0 Å². The molecule has 0 aromatic carbocycles. The van der Waals surface area contributed by atoms with Crippen molar-refractivity contribution in [3.63, 3.8) is 0 Å². The van der Waals surface area contributed by atoms with Crippen LogP contribution < -0.4 is 0 Å². The Bertz CT molecular complexity index is 414. The number of alkyl halides is 1. The third kappa shape index (κ3) is 4.36. The minimum Gasteiger partial charge on any atom is -0.469 e. The van der Waals surface area contributed by atoms with Crippen LogP contribution in [0.4, 0.5) is 0 Å². The van der Waals surface area contributed by atoms with Gasteiger partial charge in [-0.15, -0.1) is 23.4 Å². The molecule has 0 radical (unpaired) electrons. The number of ketones is 2. The highest BCUT2D eigenvalue weighted by atomic mass is 35.5. The van der Waals surface area contributed by atoms with Crippen molar-refractivity contribution in [2.24, 2.45) is 0 Å². The predicted molar refractivity (Wildman–Crippen MR) is 70.7 cm³/mol. The fraction of sp³-hybridized carbons (Fsp3) is 0.643. The summed E-state index contributed by atoms with van der Waals surface area (Å²) in [5.41, 5.74) is 0. The van der Waals surface area contributed by atoms with Crippen LogP contribution in [-0.2, 0) is 19.1 Å². The number of halogens is 1. The third-order valence-corrected chi connectivity index (χ3v) is 3.61. The van der Waals surface area contributed by atoms with E-state index in [2.05, 4.69) is 16.6 Å². The fourth-order valence-electron chi connectivity index (χ4n) is 1.85. The smallest absolute Gasteiger partial charge is 0.305 e. The average Bonchev–Trinajstić information content (AvgIpc) is 2.40. The molecule has 1 aliphatic rings. The van der Waals surface area contributed by atoms with Gasteiger partial charge in [0, 0.05) is 32.1 Å². The van der Waals surface area contributed by atoms with Crippen LogP contribution in [0, 0.1) is 11.8 Å². The summed E-state index contributed by atoms with van der Waals surface area (Å²) in [6.45, 7) is 0. The lowest BCUT2D eigenvalue weighted by atomic mass is 9.84. The van der Waals surface area contributed by atoms with E-state index in [9.17, 15) is 14.4 Å². The van der Waals surface area contributed by atoms with Gasteiger partial charge in [0.2, 0.25) is 0 Å². The van der Waals surface area contributed by atoms with E-state index in [4.69, 9.17) is 11.6 Å². The predicted octanol–water partition coefficient (Wildman–Crippen LogP) is 2.02. The Morgan fingerprint density at radius 1 is 1.32 bits per heavy atom. The summed E-state index contributed by atoms with van der Waals surface area (Å²) < 4.78 is 4.50. The van der Waals surface area contributed by atoms with Crippen molar-refractivity contribution in [2.75, 3.05) is 7.11 Å². The largest absolute Gasteiger partial charge is 0.469 e. The van der Waals surface area contributed by atoms with Gasteiger partial charge in [0.15, 0.2) is 16.4 Å². The molecule has 19 heavy (non-hydrogen) atoms. The molecule has 0 amide bonds. The molecule has 1 aliphatic carbocycles. The molecule has 0 atom stereocenters. The number of methoxy groups -OCH3 is 1. The van der Waals surface area contributed by atoms with E-state index in [1.54, 1.807) is 0 Å². The molecule has 1 fully saturated rings. The lowest BCUT2D eigenvalue weighted by Gasteiger charge is -2.25. The number of unbranched alkanes of at least 4 members (excludes halogenated alkanes) is 1. The van der Waals surface area contributed by atoms with E-state index in [0.717, 1.165) is 0 Å². The zero-order valence-corrected chi connectivity index (χ0v) is 11.7. The number of ether oxygens (including phenoxy) is 1. The van der Waals surface area contributed by atoms with Gasteiger partial charge in [0.05, 0.1) is 7.11 Å². The van der Waals surface area contributed by atoms with Crippen LogP contribution in [0.5, 0.6) is 0 Å². The minimum absolute atomic E-state index is 0.0600. The van der Waals surface area contributed by atoms with Gasteiger partial charge in [-0.25, -0.2) is 0 Å². The number of Topliss-reactive ketones (excluding diaryl/α,β-unsaturated/α-hetero) is 2. The quantitative estimate of drug-likeness (QED) is 0.260. The van der Waals surface area contributed by atoms with Crippen LogP contribution in [0.15, 0.2) is 0 Å². The zero-order valence-electron chi connectivity index (χ0n) is 11.0. The van der Waals surface area contributed by atoms with Crippen LogP contribution >= 0.6 is 11.6 Å². The van der Waals surface area contributed by atoms with Crippen molar-refractivity contribution < 1.29 is 19.1 Å². The molecule has 0 saturated heterocycles.